The molecule has 0 aromatic rings. The number of rotatable bonds is 3. The van der Waals surface area contributed by atoms with E-state index in [0.717, 1.165) is 32.2 Å². The number of hydrogen-bond acceptors (Lipinski definition) is 13. The van der Waals surface area contributed by atoms with E-state index in [4.69, 9.17) is 4.74 Å². The first-order chi connectivity index (χ1) is 27.3. The second-order valence-electron chi connectivity index (χ2n) is 17.3. The molecule has 0 aromatic heterocycles. The number of sulfone groups is 1. The van der Waals surface area contributed by atoms with Gasteiger partial charge in [0.2, 0.25) is 0 Å². The van der Waals surface area contributed by atoms with Gasteiger partial charge < -0.3 is 48.8 Å². The summed E-state index contributed by atoms with van der Waals surface area (Å²) < 4.78 is 26.6. The summed E-state index contributed by atoms with van der Waals surface area (Å²) in [6.07, 6.45) is 8.39. The molecule has 0 unspecified atom stereocenters. The molecule has 342 valence electrons. The van der Waals surface area contributed by atoms with E-state index in [1.54, 1.807) is 0 Å². The molecule has 0 saturated carbocycles. The number of likely N-dealkylation sites (N-methyl/N-ethyl adjacent to an activating group) is 5. The van der Waals surface area contributed by atoms with Gasteiger partial charge in [-0.3, -0.25) is 0 Å². The standard InChI is InChI=1S/C8H18N2.C8H17N.C7H16N2.C5H11NO2S.C5H11NO.C5H11NS.C5H11N/c1-3-10-6-4-5-9(2)7-8-10;1-3-8-4-6-9(2)7-5-8;1-3-9-6-4-8(2)5-7-9;1-6-2-4-9(7,8)5-3-6;2*1-6-2-4-7-5-3-6;1-6-4-2-3-5-6/h3-8H2,1-2H3;8H,3-7H2,1-2H3;3-7H2,1-2H3;2-5H2,1H3;2*2-5H2,1H3;2-5H2,1H3. The van der Waals surface area contributed by atoms with Gasteiger partial charge in [-0.1, -0.05) is 27.2 Å². The Morgan fingerprint density at radius 3 is 1.21 bits per heavy atom. The maximum absolute atomic E-state index is 10.8. The molecule has 7 aliphatic heterocycles. The zero-order valence-electron chi connectivity index (χ0n) is 39.3. The molecule has 0 radical (unpaired) electrons. The molecule has 12 nitrogen and oxygen atoms in total. The molecule has 0 aliphatic carbocycles. The van der Waals surface area contributed by atoms with Crippen molar-refractivity contribution in [3.8, 4) is 0 Å². The van der Waals surface area contributed by atoms with Gasteiger partial charge in [0.15, 0.2) is 9.84 Å². The minimum atomic E-state index is -2.66. The second kappa shape index (κ2) is 34.5. The normalized spacial score (nSPS) is 25.4. The maximum Gasteiger partial charge on any atom is 0.152 e. The van der Waals surface area contributed by atoms with Crippen molar-refractivity contribution >= 4 is 21.6 Å². The maximum atomic E-state index is 10.8. The fourth-order valence-electron chi connectivity index (χ4n) is 7.04. The monoisotopic (exact) mass is 850 g/mol. The van der Waals surface area contributed by atoms with E-state index < -0.39 is 9.84 Å². The molecule has 7 fully saturated rings. The molecular formula is C43H95N9O3S2. The third-order valence-electron chi connectivity index (χ3n) is 12.1. The number of piperidine rings is 1. The average molecular weight is 850 g/mol. The fraction of sp³-hybridized carbons (Fsp3) is 1.00. The van der Waals surface area contributed by atoms with Crippen LogP contribution in [0.3, 0.4) is 0 Å². The van der Waals surface area contributed by atoms with Crippen molar-refractivity contribution in [1.29, 1.82) is 0 Å². The van der Waals surface area contributed by atoms with Crippen LogP contribution in [-0.4, -0.2) is 269 Å². The van der Waals surface area contributed by atoms with Gasteiger partial charge in [-0.15, -0.1) is 0 Å². The molecule has 0 spiro atoms. The Morgan fingerprint density at radius 2 is 0.842 bits per heavy atom. The van der Waals surface area contributed by atoms with E-state index in [9.17, 15) is 8.42 Å². The predicted octanol–water partition coefficient (Wildman–Crippen LogP) is 3.31. The molecule has 0 atom stereocenters. The molecule has 14 heteroatoms. The van der Waals surface area contributed by atoms with Crippen LogP contribution in [0.5, 0.6) is 0 Å². The summed E-state index contributed by atoms with van der Waals surface area (Å²) >= 11 is 2.06. The van der Waals surface area contributed by atoms with Crippen molar-refractivity contribution in [2.45, 2.75) is 59.3 Å². The van der Waals surface area contributed by atoms with Crippen molar-refractivity contribution < 1.29 is 13.2 Å². The van der Waals surface area contributed by atoms with Crippen LogP contribution >= 0.6 is 11.8 Å². The van der Waals surface area contributed by atoms with E-state index in [-0.39, 0.29) is 0 Å². The molecule has 0 amide bonds. The molecule has 7 rings (SSSR count). The zero-order chi connectivity index (χ0) is 42.3. The minimum Gasteiger partial charge on any atom is -0.379 e. The molecule has 7 saturated heterocycles. The van der Waals surface area contributed by atoms with Crippen LogP contribution in [-0.2, 0) is 14.6 Å². The van der Waals surface area contributed by atoms with Gasteiger partial charge in [-0.05, 0) is 140 Å². The Labute approximate surface area is 359 Å². The second-order valence-corrected chi connectivity index (χ2v) is 20.8. The van der Waals surface area contributed by atoms with Gasteiger partial charge in [0.05, 0.1) is 24.7 Å². The summed E-state index contributed by atoms with van der Waals surface area (Å²) in [6.45, 7) is 32.5. The van der Waals surface area contributed by atoms with Crippen LogP contribution in [0.15, 0.2) is 0 Å². The van der Waals surface area contributed by atoms with Crippen molar-refractivity contribution in [2.24, 2.45) is 5.92 Å². The number of thioether (sulfide) groups is 1. The highest BCUT2D eigenvalue weighted by Gasteiger charge is 2.18. The van der Waals surface area contributed by atoms with E-state index in [1.165, 1.54) is 155 Å². The van der Waals surface area contributed by atoms with Crippen molar-refractivity contribution in [1.82, 2.24) is 44.1 Å². The molecule has 57 heavy (non-hydrogen) atoms. The van der Waals surface area contributed by atoms with Gasteiger partial charge in [0.25, 0.3) is 0 Å². The van der Waals surface area contributed by atoms with Crippen molar-refractivity contribution in [3.05, 3.63) is 0 Å². The third kappa shape index (κ3) is 31.4. The lowest BCUT2D eigenvalue weighted by atomic mass is 9.95. The number of morpholine rings is 1. The summed E-state index contributed by atoms with van der Waals surface area (Å²) in [5, 5.41) is 0. The van der Waals surface area contributed by atoms with Crippen molar-refractivity contribution in [3.63, 3.8) is 0 Å². The molecular weight excluding hydrogens is 755 g/mol. The highest BCUT2D eigenvalue weighted by Crippen LogP contribution is 2.18. The van der Waals surface area contributed by atoms with Crippen LogP contribution < -0.4 is 0 Å². The quantitative estimate of drug-likeness (QED) is 0.418. The summed E-state index contributed by atoms with van der Waals surface area (Å²) in [5.74, 6) is 4.36. The topological polar surface area (TPSA) is 72.5 Å². The van der Waals surface area contributed by atoms with Crippen molar-refractivity contribution in [2.75, 3.05) is 216 Å². The summed E-state index contributed by atoms with van der Waals surface area (Å²) in [4.78, 5) is 21.2. The molecule has 0 aromatic carbocycles. The molecule has 0 N–H and O–H groups in total. The van der Waals surface area contributed by atoms with Crippen LogP contribution in [0.4, 0.5) is 0 Å². The summed E-state index contributed by atoms with van der Waals surface area (Å²) in [7, 11) is 12.4. The van der Waals surface area contributed by atoms with Crippen LogP contribution in [0, 0.1) is 5.92 Å². The number of piperazine rings is 1. The number of likely N-dealkylation sites (tertiary alicyclic amines) is 2. The highest BCUT2D eigenvalue weighted by molar-refractivity contribution is 7.99. The van der Waals surface area contributed by atoms with Crippen LogP contribution in [0.1, 0.15) is 59.3 Å². The fourth-order valence-corrected chi connectivity index (χ4v) is 9.51. The first-order valence-corrected chi connectivity index (χ1v) is 25.8. The Hall–Kier alpha value is -0.100. The van der Waals surface area contributed by atoms with E-state index in [0.29, 0.717) is 24.6 Å². The average Bonchev–Trinajstić information content (AvgIpc) is 3.60. The largest absolute Gasteiger partial charge is 0.379 e. The minimum absolute atomic E-state index is 0.337. The van der Waals surface area contributed by atoms with Gasteiger partial charge in [-0.25, -0.2) is 8.42 Å². The summed E-state index contributed by atoms with van der Waals surface area (Å²) in [6, 6.07) is 0. The van der Waals surface area contributed by atoms with Crippen LogP contribution in [0.25, 0.3) is 0 Å². The Balaban J connectivity index is 0.000000334. The molecule has 0 bridgehead atoms. The lowest BCUT2D eigenvalue weighted by Gasteiger charge is -2.31. The first kappa shape index (κ1) is 54.9. The van der Waals surface area contributed by atoms with E-state index in [2.05, 4.69) is 114 Å². The lowest BCUT2D eigenvalue weighted by molar-refractivity contribution is 0.0503. The number of nitrogens with zero attached hydrogens (tertiary/aromatic N) is 9. The smallest absolute Gasteiger partial charge is 0.152 e. The highest BCUT2D eigenvalue weighted by atomic mass is 32.2. The third-order valence-corrected chi connectivity index (χ3v) is 14.6. The molecule has 7 heterocycles. The van der Waals surface area contributed by atoms with Gasteiger partial charge >= 0.3 is 0 Å². The predicted molar refractivity (Wildman–Crippen MR) is 250 cm³/mol. The van der Waals surface area contributed by atoms with E-state index >= 15 is 0 Å². The number of hydrogen-bond donors (Lipinski definition) is 0. The lowest BCUT2D eigenvalue weighted by Crippen LogP contribution is -2.44. The van der Waals surface area contributed by atoms with Gasteiger partial charge in [0, 0.05) is 90.0 Å². The zero-order valence-corrected chi connectivity index (χ0v) is 40.9. The Morgan fingerprint density at radius 1 is 0.456 bits per heavy atom. The van der Waals surface area contributed by atoms with Crippen LogP contribution in [0.2, 0.25) is 0 Å². The Bertz CT molecular complexity index is 948. The summed E-state index contributed by atoms with van der Waals surface area (Å²) in [5.41, 5.74) is 0. The number of ether oxygens (including phenoxy) is 1. The first-order valence-electron chi connectivity index (χ1n) is 22.9. The van der Waals surface area contributed by atoms with Gasteiger partial charge in [0.1, 0.15) is 0 Å². The molecule has 7 aliphatic rings. The Kier molecular flexibility index (Phi) is 33.2. The SMILES string of the molecule is CCC1CCN(C)CC1.CCN1CCCN(C)CC1.CCN1CCN(C)CC1.CN1CCCC1.CN1CCOCC1.CN1CCS(=O)(=O)CC1.CN1CCSCC1. The van der Waals surface area contributed by atoms with E-state index in [1.807, 2.05) is 11.9 Å². The van der Waals surface area contributed by atoms with Gasteiger partial charge in [-0.2, -0.15) is 11.8 Å².